The first-order valence-electron chi connectivity index (χ1n) is 8.91. The Morgan fingerprint density at radius 2 is 1.78 bits per heavy atom. The van der Waals surface area contributed by atoms with Gasteiger partial charge >= 0.3 is 6.09 Å². The van der Waals surface area contributed by atoms with E-state index in [0.29, 0.717) is 25.9 Å². The topological polar surface area (TPSA) is 109 Å². The first kappa shape index (κ1) is 20.4. The van der Waals surface area contributed by atoms with Crippen LogP contribution in [0.2, 0.25) is 0 Å². The van der Waals surface area contributed by atoms with Crippen LogP contribution in [0.25, 0.3) is 0 Å². The Bertz CT molecular complexity index is 720. The van der Waals surface area contributed by atoms with Gasteiger partial charge in [-0.3, -0.25) is 9.59 Å². The SMILES string of the molecule is CC(C)(C)OC(=O)NCCNC(=O)Cc1ccc(C2=NNC(=O)CC2)cc1. The molecule has 0 aliphatic carbocycles. The summed E-state index contributed by atoms with van der Waals surface area (Å²) in [5.74, 6) is -0.204. The van der Waals surface area contributed by atoms with E-state index in [2.05, 4.69) is 21.2 Å². The average molecular weight is 374 g/mol. The molecule has 0 bridgehead atoms. The molecular weight excluding hydrogens is 348 g/mol. The van der Waals surface area contributed by atoms with Gasteiger partial charge in [0, 0.05) is 25.9 Å². The third-order valence-electron chi connectivity index (χ3n) is 3.67. The molecule has 0 aromatic heterocycles. The van der Waals surface area contributed by atoms with Crippen molar-refractivity contribution in [1.29, 1.82) is 0 Å². The number of benzene rings is 1. The zero-order valence-electron chi connectivity index (χ0n) is 15.9. The summed E-state index contributed by atoms with van der Waals surface area (Å²) >= 11 is 0. The standard InChI is InChI=1S/C19H26N4O4/c1-19(2,3)27-18(26)21-11-10-20-17(25)12-13-4-6-14(7-5-13)15-8-9-16(24)23-22-15/h4-7H,8-12H2,1-3H3,(H,20,25)(H,21,26)(H,23,24). The molecule has 0 fully saturated rings. The lowest BCUT2D eigenvalue weighted by atomic mass is 10.0. The zero-order valence-corrected chi connectivity index (χ0v) is 15.9. The molecule has 0 atom stereocenters. The van der Waals surface area contributed by atoms with Crippen LogP contribution in [-0.2, 0) is 20.7 Å². The minimum atomic E-state index is -0.547. The van der Waals surface area contributed by atoms with Crippen molar-refractivity contribution in [2.24, 2.45) is 5.10 Å². The fourth-order valence-corrected chi connectivity index (χ4v) is 2.43. The highest BCUT2D eigenvalue weighted by molar-refractivity contribution is 6.04. The number of ether oxygens (including phenoxy) is 1. The average Bonchev–Trinajstić information content (AvgIpc) is 2.59. The van der Waals surface area contributed by atoms with Crippen LogP contribution >= 0.6 is 0 Å². The Morgan fingerprint density at radius 1 is 1.11 bits per heavy atom. The Hall–Kier alpha value is -2.90. The largest absolute Gasteiger partial charge is 0.444 e. The predicted octanol–water partition coefficient (Wildman–Crippen LogP) is 1.48. The van der Waals surface area contributed by atoms with Crippen molar-refractivity contribution in [3.8, 4) is 0 Å². The maximum atomic E-state index is 12.0. The number of carbonyl (C=O) groups is 3. The molecule has 1 heterocycles. The van der Waals surface area contributed by atoms with E-state index in [0.717, 1.165) is 16.8 Å². The lowest BCUT2D eigenvalue weighted by molar-refractivity contribution is -0.121. The smallest absolute Gasteiger partial charge is 0.407 e. The number of hydrogen-bond donors (Lipinski definition) is 3. The quantitative estimate of drug-likeness (QED) is 0.655. The van der Waals surface area contributed by atoms with E-state index in [1.165, 1.54) is 0 Å². The van der Waals surface area contributed by atoms with E-state index < -0.39 is 11.7 Å². The molecule has 1 aromatic rings. The van der Waals surface area contributed by atoms with Gasteiger partial charge in [0.2, 0.25) is 11.8 Å². The molecule has 27 heavy (non-hydrogen) atoms. The first-order chi connectivity index (χ1) is 12.7. The van der Waals surface area contributed by atoms with Gasteiger partial charge < -0.3 is 15.4 Å². The van der Waals surface area contributed by atoms with E-state index >= 15 is 0 Å². The van der Waals surface area contributed by atoms with E-state index in [-0.39, 0.29) is 18.2 Å². The summed E-state index contributed by atoms with van der Waals surface area (Å²) < 4.78 is 5.11. The van der Waals surface area contributed by atoms with Gasteiger partial charge in [-0.2, -0.15) is 5.10 Å². The lowest BCUT2D eigenvalue weighted by Gasteiger charge is -2.19. The van der Waals surface area contributed by atoms with Gasteiger partial charge in [-0.05, 0) is 31.9 Å². The molecule has 1 aromatic carbocycles. The van der Waals surface area contributed by atoms with Crippen LogP contribution in [0.15, 0.2) is 29.4 Å². The first-order valence-corrected chi connectivity index (χ1v) is 8.91. The number of amides is 3. The van der Waals surface area contributed by atoms with Gasteiger partial charge in [0.25, 0.3) is 0 Å². The van der Waals surface area contributed by atoms with Crippen LogP contribution in [0.1, 0.15) is 44.7 Å². The van der Waals surface area contributed by atoms with Crippen molar-refractivity contribution >= 4 is 23.6 Å². The molecule has 3 N–H and O–H groups in total. The molecule has 0 unspecified atom stereocenters. The Balaban J connectivity index is 1.71. The summed E-state index contributed by atoms with van der Waals surface area (Å²) in [4.78, 5) is 34.6. The summed E-state index contributed by atoms with van der Waals surface area (Å²) in [5, 5.41) is 9.39. The predicted molar refractivity (Wildman–Crippen MR) is 101 cm³/mol. The summed E-state index contributed by atoms with van der Waals surface area (Å²) in [6.07, 6.45) is 0.779. The normalized spacial score (nSPS) is 14.0. The second-order valence-corrected chi connectivity index (χ2v) is 7.25. The minimum absolute atomic E-state index is 0.0757. The van der Waals surface area contributed by atoms with Crippen LogP contribution in [0.4, 0.5) is 4.79 Å². The highest BCUT2D eigenvalue weighted by Gasteiger charge is 2.16. The van der Waals surface area contributed by atoms with Crippen LogP contribution in [0.5, 0.6) is 0 Å². The van der Waals surface area contributed by atoms with Gasteiger partial charge in [0.05, 0.1) is 12.1 Å². The molecule has 1 aliphatic heterocycles. The fraction of sp³-hybridized carbons (Fsp3) is 0.474. The molecule has 3 amide bonds. The summed E-state index contributed by atoms with van der Waals surface area (Å²) in [6.45, 7) is 5.99. The highest BCUT2D eigenvalue weighted by atomic mass is 16.6. The molecule has 0 spiro atoms. The zero-order chi connectivity index (χ0) is 19.9. The fourth-order valence-electron chi connectivity index (χ4n) is 2.43. The van der Waals surface area contributed by atoms with Crippen molar-refractivity contribution in [2.45, 2.75) is 45.6 Å². The molecule has 0 saturated heterocycles. The van der Waals surface area contributed by atoms with Gasteiger partial charge in [-0.1, -0.05) is 24.3 Å². The highest BCUT2D eigenvalue weighted by Crippen LogP contribution is 2.12. The van der Waals surface area contributed by atoms with Crippen LogP contribution < -0.4 is 16.1 Å². The van der Waals surface area contributed by atoms with Crippen LogP contribution in [-0.4, -0.2) is 42.3 Å². The van der Waals surface area contributed by atoms with E-state index in [9.17, 15) is 14.4 Å². The van der Waals surface area contributed by atoms with Gasteiger partial charge in [0.15, 0.2) is 0 Å². The molecule has 146 valence electrons. The maximum absolute atomic E-state index is 12.0. The molecule has 1 aliphatic rings. The molecular formula is C19H26N4O4. The molecule has 8 heteroatoms. The van der Waals surface area contributed by atoms with E-state index in [1.54, 1.807) is 20.8 Å². The molecule has 2 rings (SSSR count). The molecule has 0 saturated carbocycles. The van der Waals surface area contributed by atoms with E-state index in [1.807, 2.05) is 24.3 Å². The number of nitrogens with zero attached hydrogens (tertiary/aromatic N) is 1. The molecule has 0 radical (unpaired) electrons. The second-order valence-electron chi connectivity index (χ2n) is 7.25. The van der Waals surface area contributed by atoms with Crippen molar-refractivity contribution in [3.05, 3.63) is 35.4 Å². The minimum Gasteiger partial charge on any atom is -0.444 e. The monoisotopic (exact) mass is 374 g/mol. The van der Waals surface area contributed by atoms with Crippen molar-refractivity contribution in [1.82, 2.24) is 16.1 Å². The third kappa shape index (κ3) is 7.47. The third-order valence-corrected chi connectivity index (χ3v) is 3.67. The van der Waals surface area contributed by atoms with Crippen molar-refractivity contribution in [3.63, 3.8) is 0 Å². The molecule has 8 nitrogen and oxygen atoms in total. The Morgan fingerprint density at radius 3 is 2.37 bits per heavy atom. The number of nitrogens with one attached hydrogen (secondary N) is 3. The van der Waals surface area contributed by atoms with Crippen LogP contribution in [0, 0.1) is 0 Å². The maximum Gasteiger partial charge on any atom is 0.407 e. The van der Waals surface area contributed by atoms with Crippen molar-refractivity contribution < 1.29 is 19.1 Å². The van der Waals surface area contributed by atoms with E-state index in [4.69, 9.17) is 4.74 Å². The summed E-state index contributed by atoms with van der Waals surface area (Å²) in [5.41, 5.74) is 4.56. The second kappa shape index (κ2) is 9.16. The van der Waals surface area contributed by atoms with Gasteiger partial charge in [-0.25, -0.2) is 10.2 Å². The van der Waals surface area contributed by atoms with Crippen molar-refractivity contribution in [2.75, 3.05) is 13.1 Å². The number of hydrazone groups is 1. The Labute approximate surface area is 158 Å². The summed E-state index contributed by atoms with van der Waals surface area (Å²) in [6, 6.07) is 7.52. The number of carbonyl (C=O) groups excluding carboxylic acids is 3. The lowest BCUT2D eigenvalue weighted by Crippen LogP contribution is -2.38. The van der Waals surface area contributed by atoms with Gasteiger partial charge in [0.1, 0.15) is 5.60 Å². The number of alkyl carbamates (subject to hydrolysis) is 1. The Kier molecular flexibility index (Phi) is 6.92. The van der Waals surface area contributed by atoms with Crippen LogP contribution in [0.3, 0.4) is 0 Å². The summed E-state index contributed by atoms with van der Waals surface area (Å²) in [7, 11) is 0. The van der Waals surface area contributed by atoms with Gasteiger partial charge in [-0.15, -0.1) is 0 Å². The number of rotatable bonds is 6. The number of hydrogen-bond acceptors (Lipinski definition) is 5.